The average molecular weight is 184 g/mol. The van der Waals surface area contributed by atoms with Crippen molar-refractivity contribution < 1.29 is 4.79 Å². The van der Waals surface area contributed by atoms with Crippen LogP contribution in [0.3, 0.4) is 0 Å². The zero-order valence-electron chi connectivity index (χ0n) is 8.55. The molecule has 0 spiro atoms. The molecule has 3 heteroatoms. The van der Waals surface area contributed by atoms with Crippen LogP contribution in [0.1, 0.15) is 33.1 Å². The van der Waals surface area contributed by atoms with E-state index in [-0.39, 0.29) is 11.8 Å². The maximum Gasteiger partial charge on any atom is 0.222 e. The molecule has 3 N–H and O–H groups in total. The van der Waals surface area contributed by atoms with Crippen molar-refractivity contribution in [2.24, 2.45) is 17.6 Å². The fourth-order valence-corrected chi connectivity index (χ4v) is 2.10. The van der Waals surface area contributed by atoms with Crippen LogP contribution in [0.5, 0.6) is 0 Å². The highest BCUT2D eigenvalue weighted by Gasteiger charge is 2.31. The van der Waals surface area contributed by atoms with Crippen LogP contribution in [0.4, 0.5) is 0 Å². The number of hydrogen-bond donors (Lipinski definition) is 2. The van der Waals surface area contributed by atoms with E-state index in [0.717, 1.165) is 25.8 Å². The molecule has 1 saturated heterocycles. The van der Waals surface area contributed by atoms with Gasteiger partial charge in [0.1, 0.15) is 0 Å². The summed E-state index contributed by atoms with van der Waals surface area (Å²) >= 11 is 0. The summed E-state index contributed by atoms with van der Waals surface area (Å²) < 4.78 is 0. The van der Waals surface area contributed by atoms with Gasteiger partial charge in [-0.15, -0.1) is 0 Å². The fraction of sp³-hybridized carbons (Fsp3) is 0.900. The number of piperidine rings is 1. The molecule has 3 unspecified atom stereocenters. The molecule has 1 rings (SSSR count). The Morgan fingerprint density at radius 3 is 2.85 bits per heavy atom. The summed E-state index contributed by atoms with van der Waals surface area (Å²) in [4.78, 5) is 11.2. The first-order valence-electron chi connectivity index (χ1n) is 5.17. The number of nitrogens with one attached hydrogen (secondary N) is 1. The van der Waals surface area contributed by atoms with E-state index < -0.39 is 0 Å². The summed E-state index contributed by atoms with van der Waals surface area (Å²) in [5, 5.41) is 3.40. The highest BCUT2D eigenvalue weighted by molar-refractivity contribution is 5.77. The number of nitrogens with two attached hydrogens (primary N) is 1. The number of hydrogen-bond acceptors (Lipinski definition) is 2. The van der Waals surface area contributed by atoms with Gasteiger partial charge in [-0.3, -0.25) is 4.79 Å². The summed E-state index contributed by atoms with van der Waals surface area (Å²) in [7, 11) is 0. The second kappa shape index (κ2) is 4.61. The van der Waals surface area contributed by atoms with Gasteiger partial charge in [0.05, 0.1) is 5.92 Å². The molecule has 1 heterocycles. The third-order valence-electron chi connectivity index (χ3n) is 2.84. The molecule has 0 aromatic rings. The standard InChI is InChI=1S/C10H20N2O/c1-3-4-9-8(10(11)13)5-7(2)6-12-9/h7-9,12H,3-6H2,1-2H3,(H2,11,13). The van der Waals surface area contributed by atoms with Gasteiger partial charge in [0.2, 0.25) is 5.91 Å². The Labute approximate surface area is 80.1 Å². The van der Waals surface area contributed by atoms with Gasteiger partial charge >= 0.3 is 0 Å². The molecular weight excluding hydrogens is 164 g/mol. The summed E-state index contributed by atoms with van der Waals surface area (Å²) in [6, 6.07) is 0.318. The van der Waals surface area contributed by atoms with Crippen LogP contribution in [0.2, 0.25) is 0 Å². The summed E-state index contributed by atoms with van der Waals surface area (Å²) in [5.41, 5.74) is 5.37. The second-order valence-electron chi connectivity index (χ2n) is 4.15. The van der Waals surface area contributed by atoms with Gasteiger partial charge in [-0.2, -0.15) is 0 Å². The van der Waals surface area contributed by atoms with E-state index in [2.05, 4.69) is 19.2 Å². The van der Waals surface area contributed by atoms with Crippen LogP contribution >= 0.6 is 0 Å². The molecule has 0 saturated carbocycles. The molecule has 0 bridgehead atoms. The van der Waals surface area contributed by atoms with Crippen molar-refractivity contribution in [3.8, 4) is 0 Å². The Hall–Kier alpha value is -0.570. The number of carbonyl (C=O) groups excluding carboxylic acids is 1. The van der Waals surface area contributed by atoms with Crippen LogP contribution in [-0.2, 0) is 4.79 Å². The van der Waals surface area contributed by atoms with Crippen LogP contribution < -0.4 is 11.1 Å². The van der Waals surface area contributed by atoms with E-state index in [1.165, 1.54) is 0 Å². The van der Waals surface area contributed by atoms with Crippen LogP contribution in [0.25, 0.3) is 0 Å². The van der Waals surface area contributed by atoms with Crippen LogP contribution in [0.15, 0.2) is 0 Å². The van der Waals surface area contributed by atoms with Gasteiger partial charge in [-0.25, -0.2) is 0 Å². The minimum atomic E-state index is -0.141. The second-order valence-corrected chi connectivity index (χ2v) is 4.15. The van der Waals surface area contributed by atoms with E-state index in [0.29, 0.717) is 12.0 Å². The number of amides is 1. The van der Waals surface area contributed by atoms with E-state index >= 15 is 0 Å². The maximum absolute atomic E-state index is 11.2. The Morgan fingerprint density at radius 1 is 1.62 bits per heavy atom. The quantitative estimate of drug-likeness (QED) is 0.684. The summed E-state index contributed by atoms with van der Waals surface area (Å²) in [5.74, 6) is 0.479. The minimum Gasteiger partial charge on any atom is -0.369 e. The summed E-state index contributed by atoms with van der Waals surface area (Å²) in [6.07, 6.45) is 3.11. The third-order valence-corrected chi connectivity index (χ3v) is 2.84. The van der Waals surface area contributed by atoms with Gasteiger partial charge in [0, 0.05) is 6.04 Å². The molecule has 1 aliphatic heterocycles. The molecule has 3 atom stereocenters. The highest BCUT2D eigenvalue weighted by Crippen LogP contribution is 2.23. The molecule has 0 aromatic carbocycles. The molecule has 3 nitrogen and oxygen atoms in total. The molecule has 1 amide bonds. The van der Waals surface area contributed by atoms with Gasteiger partial charge in [-0.1, -0.05) is 20.3 Å². The van der Waals surface area contributed by atoms with Crippen molar-refractivity contribution in [3.05, 3.63) is 0 Å². The van der Waals surface area contributed by atoms with Gasteiger partial charge in [0.25, 0.3) is 0 Å². The van der Waals surface area contributed by atoms with E-state index in [4.69, 9.17) is 5.73 Å². The van der Waals surface area contributed by atoms with Gasteiger partial charge in [0.15, 0.2) is 0 Å². The van der Waals surface area contributed by atoms with Crippen molar-refractivity contribution >= 4 is 5.91 Å². The SMILES string of the molecule is CCCC1NCC(C)CC1C(N)=O. The Bertz CT molecular complexity index is 182. The molecule has 0 aromatic heterocycles. The van der Waals surface area contributed by atoms with E-state index in [1.807, 2.05) is 0 Å². The first kappa shape index (κ1) is 10.5. The molecular formula is C10H20N2O. The molecule has 13 heavy (non-hydrogen) atoms. The number of primary amides is 1. The lowest BCUT2D eigenvalue weighted by molar-refractivity contribution is -0.124. The predicted molar refractivity (Wildman–Crippen MR) is 53.2 cm³/mol. The van der Waals surface area contributed by atoms with Gasteiger partial charge < -0.3 is 11.1 Å². The van der Waals surface area contributed by atoms with Crippen molar-refractivity contribution in [2.75, 3.05) is 6.54 Å². The average Bonchev–Trinajstić information content (AvgIpc) is 2.08. The smallest absolute Gasteiger partial charge is 0.222 e. The molecule has 1 fully saturated rings. The fourth-order valence-electron chi connectivity index (χ4n) is 2.10. The topological polar surface area (TPSA) is 55.1 Å². The Kier molecular flexibility index (Phi) is 3.72. The molecule has 0 radical (unpaired) electrons. The maximum atomic E-state index is 11.2. The van der Waals surface area contributed by atoms with Crippen molar-refractivity contribution in [1.29, 1.82) is 0 Å². The van der Waals surface area contributed by atoms with Crippen molar-refractivity contribution in [3.63, 3.8) is 0 Å². The normalized spacial score (nSPS) is 34.5. The van der Waals surface area contributed by atoms with Crippen LogP contribution in [0, 0.1) is 11.8 Å². The largest absolute Gasteiger partial charge is 0.369 e. The minimum absolute atomic E-state index is 0.0451. The Morgan fingerprint density at radius 2 is 2.31 bits per heavy atom. The first-order chi connectivity index (χ1) is 6.15. The lowest BCUT2D eigenvalue weighted by Gasteiger charge is -2.34. The lowest BCUT2D eigenvalue weighted by atomic mass is 9.83. The van der Waals surface area contributed by atoms with Crippen molar-refractivity contribution in [1.82, 2.24) is 5.32 Å². The molecule has 76 valence electrons. The van der Waals surface area contributed by atoms with Crippen LogP contribution in [-0.4, -0.2) is 18.5 Å². The van der Waals surface area contributed by atoms with E-state index in [9.17, 15) is 4.79 Å². The first-order valence-corrected chi connectivity index (χ1v) is 5.17. The van der Waals surface area contributed by atoms with Crippen molar-refractivity contribution in [2.45, 2.75) is 39.2 Å². The zero-order valence-corrected chi connectivity index (χ0v) is 8.55. The third kappa shape index (κ3) is 2.69. The lowest BCUT2D eigenvalue weighted by Crippen LogP contribution is -2.49. The summed E-state index contributed by atoms with van der Waals surface area (Å²) in [6.45, 7) is 5.32. The number of rotatable bonds is 3. The molecule has 0 aliphatic carbocycles. The highest BCUT2D eigenvalue weighted by atomic mass is 16.1. The number of carbonyl (C=O) groups is 1. The monoisotopic (exact) mass is 184 g/mol. The molecule has 1 aliphatic rings. The van der Waals surface area contributed by atoms with Gasteiger partial charge in [-0.05, 0) is 25.3 Å². The predicted octanol–water partition coefficient (Wildman–Crippen LogP) is 0.886. The zero-order chi connectivity index (χ0) is 9.84. The van der Waals surface area contributed by atoms with E-state index in [1.54, 1.807) is 0 Å². The Balaban J connectivity index is 2.55.